The quantitative estimate of drug-likeness (QED) is 0.545. The molecule has 1 unspecified atom stereocenters. The average Bonchev–Trinajstić information content (AvgIpc) is 2.68. The maximum absolute atomic E-state index is 2.37. The van der Waals surface area contributed by atoms with Crippen molar-refractivity contribution in [2.75, 3.05) is 0 Å². The van der Waals surface area contributed by atoms with Crippen LogP contribution in [0.3, 0.4) is 0 Å². The molecule has 0 aliphatic rings. The molecule has 0 fully saturated rings. The molecule has 0 saturated carbocycles. The molecule has 0 saturated heterocycles. The second kappa shape index (κ2) is 6.44. The molecule has 0 bridgehead atoms. The molecule has 1 rings (SSSR count). The van der Waals surface area contributed by atoms with Crippen LogP contribution in [0.4, 0.5) is 0 Å². The third kappa shape index (κ3) is 4.29. The Bertz CT molecular complexity index is 266. The SMILES string of the molecule is CCCCCCC(c1cccs1)C(C)(C)C. The van der Waals surface area contributed by atoms with Gasteiger partial charge >= 0.3 is 0 Å². The fourth-order valence-electron chi connectivity index (χ4n) is 2.27. The molecule has 1 atom stereocenters. The minimum Gasteiger partial charge on any atom is -0.149 e. The Morgan fingerprint density at radius 2 is 1.94 bits per heavy atom. The third-order valence-electron chi connectivity index (χ3n) is 3.28. The van der Waals surface area contributed by atoms with Gasteiger partial charge in [0.25, 0.3) is 0 Å². The van der Waals surface area contributed by atoms with E-state index < -0.39 is 0 Å². The first kappa shape index (κ1) is 13.8. The van der Waals surface area contributed by atoms with Gasteiger partial charge in [-0.25, -0.2) is 0 Å². The standard InChI is InChI=1S/C15H26S/c1-5-6-7-8-10-13(15(2,3)4)14-11-9-12-16-14/h9,11-13H,5-8,10H2,1-4H3. The molecular formula is C15H26S. The Morgan fingerprint density at radius 1 is 1.19 bits per heavy atom. The van der Waals surface area contributed by atoms with Crippen LogP contribution >= 0.6 is 11.3 Å². The van der Waals surface area contributed by atoms with Gasteiger partial charge in [-0.15, -0.1) is 11.3 Å². The van der Waals surface area contributed by atoms with Crippen molar-refractivity contribution in [3.63, 3.8) is 0 Å². The van der Waals surface area contributed by atoms with Crippen molar-refractivity contribution >= 4 is 11.3 Å². The molecule has 92 valence electrons. The monoisotopic (exact) mass is 238 g/mol. The third-order valence-corrected chi connectivity index (χ3v) is 4.26. The molecule has 16 heavy (non-hydrogen) atoms. The molecule has 0 aliphatic carbocycles. The first-order valence-corrected chi connectivity index (χ1v) is 7.47. The fraction of sp³-hybridized carbons (Fsp3) is 0.733. The van der Waals surface area contributed by atoms with E-state index in [9.17, 15) is 0 Å². The summed E-state index contributed by atoms with van der Waals surface area (Å²) in [5.74, 6) is 0.740. The van der Waals surface area contributed by atoms with Gasteiger partial charge < -0.3 is 0 Å². The molecule has 1 aromatic heterocycles. The maximum Gasteiger partial charge on any atom is 0.00814 e. The summed E-state index contributed by atoms with van der Waals surface area (Å²) in [6.45, 7) is 9.39. The Morgan fingerprint density at radius 3 is 2.44 bits per heavy atom. The normalized spacial score (nSPS) is 14.0. The van der Waals surface area contributed by atoms with E-state index in [2.05, 4.69) is 45.2 Å². The Balaban J connectivity index is 2.53. The van der Waals surface area contributed by atoms with Crippen LogP contribution in [0.15, 0.2) is 17.5 Å². The smallest absolute Gasteiger partial charge is 0.00814 e. The van der Waals surface area contributed by atoms with Gasteiger partial charge in [-0.2, -0.15) is 0 Å². The van der Waals surface area contributed by atoms with Gasteiger partial charge in [0.1, 0.15) is 0 Å². The van der Waals surface area contributed by atoms with E-state index in [1.165, 1.54) is 32.1 Å². The lowest BCUT2D eigenvalue weighted by molar-refractivity contribution is 0.301. The van der Waals surface area contributed by atoms with Crippen LogP contribution in [-0.2, 0) is 0 Å². The molecular weight excluding hydrogens is 212 g/mol. The van der Waals surface area contributed by atoms with Crippen molar-refractivity contribution in [1.82, 2.24) is 0 Å². The Hall–Kier alpha value is -0.300. The highest BCUT2D eigenvalue weighted by Crippen LogP contribution is 2.40. The number of unbranched alkanes of at least 4 members (excludes halogenated alkanes) is 3. The van der Waals surface area contributed by atoms with E-state index in [4.69, 9.17) is 0 Å². The molecule has 0 nitrogen and oxygen atoms in total. The molecule has 0 radical (unpaired) electrons. The first-order chi connectivity index (χ1) is 7.55. The zero-order valence-corrected chi connectivity index (χ0v) is 12.1. The van der Waals surface area contributed by atoms with Gasteiger partial charge in [-0.1, -0.05) is 59.4 Å². The number of rotatable bonds is 6. The minimum atomic E-state index is 0.400. The average molecular weight is 238 g/mol. The van der Waals surface area contributed by atoms with Crippen LogP contribution in [0.25, 0.3) is 0 Å². The number of thiophene rings is 1. The van der Waals surface area contributed by atoms with Crippen LogP contribution in [0, 0.1) is 5.41 Å². The summed E-state index contributed by atoms with van der Waals surface area (Å²) in [5.41, 5.74) is 0.400. The Labute approximate surface area is 105 Å². The fourth-order valence-corrected chi connectivity index (χ4v) is 3.37. The molecule has 0 aromatic carbocycles. The largest absolute Gasteiger partial charge is 0.149 e. The Kier molecular flexibility index (Phi) is 5.54. The first-order valence-electron chi connectivity index (χ1n) is 6.59. The summed E-state index contributed by atoms with van der Waals surface area (Å²) in [5, 5.41) is 2.21. The van der Waals surface area contributed by atoms with E-state index in [1.54, 1.807) is 4.88 Å². The molecule has 0 amide bonds. The van der Waals surface area contributed by atoms with Crippen LogP contribution in [0.2, 0.25) is 0 Å². The summed E-state index contributed by atoms with van der Waals surface area (Å²) in [4.78, 5) is 1.57. The lowest BCUT2D eigenvalue weighted by Crippen LogP contribution is -2.17. The second-order valence-corrected chi connectivity index (χ2v) is 6.76. The summed E-state index contributed by atoms with van der Waals surface area (Å²) in [6.07, 6.45) is 6.85. The van der Waals surface area contributed by atoms with Crippen molar-refractivity contribution < 1.29 is 0 Å². The van der Waals surface area contributed by atoms with Crippen LogP contribution in [-0.4, -0.2) is 0 Å². The van der Waals surface area contributed by atoms with E-state index in [0.717, 1.165) is 5.92 Å². The summed E-state index contributed by atoms with van der Waals surface area (Å²) >= 11 is 1.92. The summed E-state index contributed by atoms with van der Waals surface area (Å²) in [6, 6.07) is 4.49. The molecule has 0 aliphatic heterocycles. The zero-order chi connectivity index (χ0) is 12.0. The molecule has 1 heteroatoms. The topological polar surface area (TPSA) is 0 Å². The molecule has 0 N–H and O–H groups in total. The highest BCUT2D eigenvalue weighted by atomic mass is 32.1. The summed E-state index contributed by atoms with van der Waals surface area (Å²) in [7, 11) is 0. The van der Waals surface area contributed by atoms with Gasteiger partial charge in [0, 0.05) is 4.88 Å². The highest BCUT2D eigenvalue weighted by Gasteiger charge is 2.26. The van der Waals surface area contributed by atoms with E-state index >= 15 is 0 Å². The van der Waals surface area contributed by atoms with E-state index in [0.29, 0.717) is 5.41 Å². The van der Waals surface area contributed by atoms with Gasteiger partial charge in [-0.3, -0.25) is 0 Å². The van der Waals surface area contributed by atoms with Crippen LogP contribution < -0.4 is 0 Å². The van der Waals surface area contributed by atoms with Gasteiger partial charge in [0.15, 0.2) is 0 Å². The van der Waals surface area contributed by atoms with E-state index in [1.807, 2.05) is 11.3 Å². The van der Waals surface area contributed by atoms with Gasteiger partial charge in [0.05, 0.1) is 0 Å². The molecule has 1 heterocycles. The highest BCUT2D eigenvalue weighted by molar-refractivity contribution is 7.10. The second-order valence-electron chi connectivity index (χ2n) is 5.78. The van der Waals surface area contributed by atoms with Crippen molar-refractivity contribution in [2.45, 2.75) is 65.7 Å². The van der Waals surface area contributed by atoms with Gasteiger partial charge in [-0.05, 0) is 29.2 Å². The summed E-state index contributed by atoms with van der Waals surface area (Å²) < 4.78 is 0. The molecule has 1 aromatic rings. The van der Waals surface area contributed by atoms with Crippen LogP contribution in [0.5, 0.6) is 0 Å². The predicted molar refractivity (Wildman–Crippen MR) is 75.3 cm³/mol. The van der Waals surface area contributed by atoms with Crippen molar-refractivity contribution in [3.8, 4) is 0 Å². The minimum absolute atomic E-state index is 0.400. The predicted octanol–water partition coefficient (Wildman–Crippen LogP) is 5.85. The van der Waals surface area contributed by atoms with Gasteiger partial charge in [0.2, 0.25) is 0 Å². The lowest BCUT2D eigenvalue weighted by atomic mass is 9.77. The molecule has 0 spiro atoms. The number of hydrogen-bond donors (Lipinski definition) is 0. The van der Waals surface area contributed by atoms with Crippen molar-refractivity contribution in [2.24, 2.45) is 5.41 Å². The van der Waals surface area contributed by atoms with Crippen molar-refractivity contribution in [3.05, 3.63) is 22.4 Å². The van der Waals surface area contributed by atoms with E-state index in [-0.39, 0.29) is 0 Å². The maximum atomic E-state index is 2.37. The van der Waals surface area contributed by atoms with Crippen LogP contribution in [0.1, 0.15) is 70.6 Å². The van der Waals surface area contributed by atoms with Crippen molar-refractivity contribution in [1.29, 1.82) is 0 Å². The lowest BCUT2D eigenvalue weighted by Gasteiger charge is -2.30. The number of hydrogen-bond acceptors (Lipinski definition) is 1. The zero-order valence-electron chi connectivity index (χ0n) is 11.3.